The second kappa shape index (κ2) is 8.23. The lowest BCUT2D eigenvalue weighted by Crippen LogP contribution is -2.28. The summed E-state index contributed by atoms with van der Waals surface area (Å²) in [6.07, 6.45) is 0.866. The van der Waals surface area contributed by atoms with Crippen molar-refractivity contribution >= 4 is 29.2 Å². The molecule has 2 aromatic rings. The molecule has 0 fully saturated rings. The van der Waals surface area contributed by atoms with Crippen molar-refractivity contribution in [3.05, 3.63) is 58.6 Å². The van der Waals surface area contributed by atoms with Gasteiger partial charge in [0.1, 0.15) is 5.75 Å². The predicted molar refractivity (Wildman–Crippen MR) is 102 cm³/mol. The van der Waals surface area contributed by atoms with Crippen molar-refractivity contribution in [3.63, 3.8) is 0 Å². The van der Waals surface area contributed by atoms with E-state index in [0.717, 1.165) is 5.56 Å². The molecule has 26 heavy (non-hydrogen) atoms. The molecular weight excluding hydrogens is 354 g/mol. The fraction of sp³-hybridized carbons (Fsp3) is 0.300. The normalized spacial score (nSPS) is 11.1. The van der Waals surface area contributed by atoms with E-state index in [4.69, 9.17) is 16.3 Å². The lowest BCUT2D eigenvalue weighted by molar-refractivity contribution is -0.142. The van der Waals surface area contributed by atoms with E-state index < -0.39 is 11.4 Å². The van der Waals surface area contributed by atoms with Crippen LogP contribution in [0.2, 0.25) is 5.02 Å². The van der Waals surface area contributed by atoms with Crippen molar-refractivity contribution < 1.29 is 19.4 Å². The van der Waals surface area contributed by atoms with E-state index in [9.17, 15) is 14.7 Å². The summed E-state index contributed by atoms with van der Waals surface area (Å²) in [5, 5.41) is 12.6. The predicted octanol–water partition coefficient (Wildman–Crippen LogP) is 4.28. The van der Waals surface area contributed by atoms with Gasteiger partial charge in [0.2, 0.25) is 5.91 Å². The van der Waals surface area contributed by atoms with Gasteiger partial charge >= 0.3 is 5.97 Å². The Labute approximate surface area is 157 Å². The SMILES string of the molecule is COc1ccc(CCC(=O)Nc2ccc(C(C)(C)C(=O)O)cc2)cc1Cl. The van der Waals surface area contributed by atoms with Crippen LogP contribution in [0.5, 0.6) is 5.75 Å². The minimum absolute atomic E-state index is 0.123. The van der Waals surface area contributed by atoms with E-state index in [0.29, 0.717) is 34.9 Å². The van der Waals surface area contributed by atoms with Gasteiger partial charge in [-0.15, -0.1) is 0 Å². The third-order valence-electron chi connectivity index (χ3n) is 4.28. The van der Waals surface area contributed by atoms with Crippen LogP contribution < -0.4 is 10.1 Å². The summed E-state index contributed by atoms with van der Waals surface area (Å²) < 4.78 is 5.10. The van der Waals surface area contributed by atoms with E-state index in [2.05, 4.69) is 5.32 Å². The Hall–Kier alpha value is -2.53. The highest BCUT2D eigenvalue weighted by atomic mass is 35.5. The molecule has 2 rings (SSSR count). The number of aliphatic carboxylic acids is 1. The number of carbonyl (C=O) groups excluding carboxylic acids is 1. The largest absolute Gasteiger partial charge is 0.495 e. The number of hydrogen-bond donors (Lipinski definition) is 2. The van der Waals surface area contributed by atoms with Crippen molar-refractivity contribution in [2.45, 2.75) is 32.1 Å². The Bertz CT molecular complexity index is 800. The first kappa shape index (κ1) is 19.8. The third kappa shape index (κ3) is 4.76. The lowest BCUT2D eigenvalue weighted by atomic mass is 9.85. The first-order chi connectivity index (χ1) is 12.2. The van der Waals surface area contributed by atoms with Gasteiger partial charge in [0.15, 0.2) is 0 Å². The number of carboxylic acids is 1. The number of carboxylic acid groups (broad SMARTS) is 1. The van der Waals surface area contributed by atoms with Crippen LogP contribution in [0.25, 0.3) is 0 Å². The van der Waals surface area contributed by atoms with Crippen LogP contribution in [0.4, 0.5) is 5.69 Å². The summed E-state index contributed by atoms with van der Waals surface area (Å²) in [7, 11) is 1.55. The van der Waals surface area contributed by atoms with Gasteiger partial charge in [-0.1, -0.05) is 29.8 Å². The maximum atomic E-state index is 12.1. The molecule has 1 amide bonds. The summed E-state index contributed by atoms with van der Waals surface area (Å²) in [5.74, 6) is -0.418. The number of benzene rings is 2. The number of aryl methyl sites for hydroxylation is 1. The topological polar surface area (TPSA) is 75.6 Å². The molecule has 0 aliphatic carbocycles. The maximum Gasteiger partial charge on any atom is 0.313 e. The van der Waals surface area contributed by atoms with Crippen LogP contribution in [0.1, 0.15) is 31.4 Å². The summed E-state index contributed by atoms with van der Waals surface area (Å²) in [6, 6.07) is 12.3. The second-order valence-corrected chi connectivity index (χ2v) is 6.93. The summed E-state index contributed by atoms with van der Waals surface area (Å²) in [6.45, 7) is 3.28. The Morgan fingerprint density at radius 2 is 1.81 bits per heavy atom. The summed E-state index contributed by atoms with van der Waals surface area (Å²) >= 11 is 6.08. The number of methoxy groups -OCH3 is 1. The molecule has 0 unspecified atom stereocenters. The molecular formula is C20H22ClNO4. The van der Waals surface area contributed by atoms with Crippen molar-refractivity contribution in [1.82, 2.24) is 0 Å². The Balaban J connectivity index is 1.94. The van der Waals surface area contributed by atoms with Crippen molar-refractivity contribution in [1.29, 1.82) is 0 Å². The van der Waals surface area contributed by atoms with Gasteiger partial charge in [0, 0.05) is 12.1 Å². The minimum Gasteiger partial charge on any atom is -0.495 e. The van der Waals surface area contributed by atoms with Crippen LogP contribution in [0.3, 0.4) is 0 Å². The molecule has 0 saturated carbocycles. The first-order valence-corrected chi connectivity index (χ1v) is 8.58. The van der Waals surface area contributed by atoms with Crippen molar-refractivity contribution in [2.24, 2.45) is 0 Å². The molecule has 2 aromatic carbocycles. The molecule has 138 valence electrons. The van der Waals surface area contributed by atoms with E-state index >= 15 is 0 Å². The molecule has 0 radical (unpaired) electrons. The molecule has 0 aliphatic rings. The quantitative estimate of drug-likeness (QED) is 0.757. The van der Waals surface area contributed by atoms with Gasteiger partial charge in [0.05, 0.1) is 17.5 Å². The van der Waals surface area contributed by atoms with E-state index in [1.807, 2.05) is 6.07 Å². The molecule has 0 spiro atoms. The fourth-order valence-corrected chi connectivity index (χ4v) is 2.72. The zero-order valence-electron chi connectivity index (χ0n) is 15.0. The average Bonchev–Trinajstić information content (AvgIpc) is 2.60. The second-order valence-electron chi connectivity index (χ2n) is 6.52. The Morgan fingerprint density at radius 1 is 1.15 bits per heavy atom. The van der Waals surface area contributed by atoms with Crippen LogP contribution in [0.15, 0.2) is 42.5 Å². The van der Waals surface area contributed by atoms with Gasteiger partial charge in [-0.25, -0.2) is 0 Å². The minimum atomic E-state index is -0.976. The zero-order valence-corrected chi connectivity index (χ0v) is 15.8. The number of carbonyl (C=O) groups is 2. The van der Waals surface area contributed by atoms with Gasteiger partial charge in [0.25, 0.3) is 0 Å². The highest BCUT2D eigenvalue weighted by molar-refractivity contribution is 6.32. The van der Waals surface area contributed by atoms with Crippen LogP contribution in [-0.4, -0.2) is 24.1 Å². The molecule has 0 aliphatic heterocycles. The van der Waals surface area contributed by atoms with E-state index in [1.54, 1.807) is 57.4 Å². The number of hydrogen-bond acceptors (Lipinski definition) is 3. The van der Waals surface area contributed by atoms with Gasteiger partial charge < -0.3 is 15.2 Å². The van der Waals surface area contributed by atoms with Gasteiger partial charge in [-0.2, -0.15) is 0 Å². The number of ether oxygens (including phenoxy) is 1. The maximum absolute atomic E-state index is 12.1. The standard InChI is InChI=1S/C20H22ClNO4/c1-20(2,19(24)25)14-6-8-15(9-7-14)22-18(23)11-5-13-4-10-17(26-3)16(21)12-13/h4,6-10,12H,5,11H2,1-3H3,(H,22,23)(H,24,25). The highest BCUT2D eigenvalue weighted by Crippen LogP contribution is 2.26. The summed E-state index contributed by atoms with van der Waals surface area (Å²) in [4.78, 5) is 23.4. The van der Waals surface area contributed by atoms with Crippen LogP contribution >= 0.6 is 11.6 Å². The molecule has 0 bridgehead atoms. The third-order valence-corrected chi connectivity index (χ3v) is 4.58. The molecule has 0 saturated heterocycles. The number of rotatable bonds is 7. The molecule has 2 N–H and O–H groups in total. The smallest absolute Gasteiger partial charge is 0.313 e. The number of amides is 1. The highest BCUT2D eigenvalue weighted by Gasteiger charge is 2.29. The van der Waals surface area contributed by atoms with E-state index in [1.165, 1.54) is 0 Å². The molecule has 0 aromatic heterocycles. The summed E-state index contributed by atoms with van der Waals surface area (Å²) in [5.41, 5.74) is 1.28. The number of anilines is 1. The molecule has 6 heteroatoms. The zero-order chi connectivity index (χ0) is 19.3. The average molecular weight is 376 g/mol. The fourth-order valence-electron chi connectivity index (χ4n) is 2.44. The first-order valence-electron chi connectivity index (χ1n) is 8.20. The van der Waals surface area contributed by atoms with Crippen molar-refractivity contribution in [2.75, 3.05) is 12.4 Å². The van der Waals surface area contributed by atoms with Crippen LogP contribution in [-0.2, 0) is 21.4 Å². The Kier molecular flexibility index (Phi) is 6.27. The number of halogens is 1. The molecule has 0 atom stereocenters. The lowest BCUT2D eigenvalue weighted by Gasteiger charge is -2.19. The Morgan fingerprint density at radius 3 is 2.35 bits per heavy atom. The number of nitrogens with one attached hydrogen (secondary N) is 1. The van der Waals surface area contributed by atoms with Crippen LogP contribution in [0, 0.1) is 0 Å². The van der Waals surface area contributed by atoms with Gasteiger partial charge in [-0.05, 0) is 55.7 Å². The molecule has 5 nitrogen and oxygen atoms in total. The monoisotopic (exact) mass is 375 g/mol. The van der Waals surface area contributed by atoms with Crippen molar-refractivity contribution in [3.8, 4) is 5.75 Å². The van der Waals surface area contributed by atoms with Gasteiger partial charge in [-0.3, -0.25) is 9.59 Å². The van der Waals surface area contributed by atoms with E-state index in [-0.39, 0.29) is 5.91 Å². The molecule has 0 heterocycles.